The molecule has 0 spiro atoms. The Hall–Kier alpha value is -2.51. The lowest BCUT2D eigenvalue weighted by atomic mass is 10.3. The minimum absolute atomic E-state index is 0.0143. The fourth-order valence-electron chi connectivity index (χ4n) is 2.93. The second-order valence-corrected chi connectivity index (χ2v) is 8.15. The first-order valence-corrected chi connectivity index (χ1v) is 10.8. The number of halogens is 1. The Kier molecular flexibility index (Phi) is 6.06. The molecule has 6 nitrogen and oxygen atoms in total. The van der Waals surface area contributed by atoms with Crippen LogP contribution < -0.4 is 9.64 Å². The number of hydrogen-bond donors (Lipinski definition) is 0. The van der Waals surface area contributed by atoms with E-state index < -0.39 is 0 Å². The van der Waals surface area contributed by atoms with Crippen LogP contribution in [0, 0.1) is 0 Å². The number of ether oxygens (including phenoxy) is 1. The first kappa shape index (κ1) is 19.8. The van der Waals surface area contributed by atoms with Gasteiger partial charge in [0.1, 0.15) is 12.4 Å². The molecule has 1 saturated carbocycles. The highest BCUT2D eigenvalue weighted by molar-refractivity contribution is 7.99. The maximum atomic E-state index is 12.6. The predicted octanol–water partition coefficient (Wildman–Crippen LogP) is 4.60. The van der Waals surface area contributed by atoms with Gasteiger partial charge in [-0.3, -0.25) is 9.36 Å². The summed E-state index contributed by atoms with van der Waals surface area (Å²) in [6, 6.07) is 17.3. The van der Waals surface area contributed by atoms with Crippen LogP contribution in [0.15, 0.2) is 59.8 Å². The first-order valence-electron chi connectivity index (χ1n) is 9.39. The zero-order valence-corrected chi connectivity index (χ0v) is 17.6. The second kappa shape index (κ2) is 8.88. The van der Waals surface area contributed by atoms with Crippen LogP contribution in [0.2, 0.25) is 5.02 Å². The van der Waals surface area contributed by atoms with Crippen molar-refractivity contribution in [3.8, 4) is 5.75 Å². The zero-order valence-electron chi connectivity index (χ0n) is 16.0. The normalized spacial score (nSPS) is 13.3. The van der Waals surface area contributed by atoms with Gasteiger partial charge in [0.25, 0.3) is 0 Å². The van der Waals surface area contributed by atoms with Crippen LogP contribution in [0.3, 0.4) is 0 Å². The van der Waals surface area contributed by atoms with Crippen molar-refractivity contribution in [3.63, 3.8) is 0 Å². The topological polar surface area (TPSA) is 60.3 Å². The van der Waals surface area contributed by atoms with E-state index in [9.17, 15) is 4.79 Å². The molecule has 150 valence electrons. The van der Waals surface area contributed by atoms with E-state index in [2.05, 4.69) is 14.8 Å². The van der Waals surface area contributed by atoms with E-state index in [0.717, 1.165) is 29.5 Å². The van der Waals surface area contributed by atoms with Crippen LogP contribution in [0.4, 0.5) is 5.69 Å². The summed E-state index contributed by atoms with van der Waals surface area (Å²) >= 11 is 7.57. The van der Waals surface area contributed by atoms with Gasteiger partial charge in [0.15, 0.2) is 11.0 Å². The molecule has 29 heavy (non-hydrogen) atoms. The fraction of sp³-hybridized carbons (Fsp3) is 0.286. The van der Waals surface area contributed by atoms with Crippen LogP contribution in [0.1, 0.15) is 24.7 Å². The summed E-state index contributed by atoms with van der Waals surface area (Å²) in [6.45, 7) is 0.283. The van der Waals surface area contributed by atoms with E-state index in [1.807, 2.05) is 48.5 Å². The van der Waals surface area contributed by atoms with Crippen LogP contribution in [-0.2, 0) is 11.4 Å². The molecule has 1 aliphatic rings. The average molecular weight is 429 g/mol. The van der Waals surface area contributed by atoms with Crippen LogP contribution in [0.5, 0.6) is 5.75 Å². The number of hydrogen-bond acceptors (Lipinski definition) is 5. The van der Waals surface area contributed by atoms with Crippen molar-refractivity contribution >= 4 is 35.0 Å². The van der Waals surface area contributed by atoms with Crippen molar-refractivity contribution in [2.75, 3.05) is 17.7 Å². The van der Waals surface area contributed by atoms with Gasteiger partial charge in [-0.25, -0.2) is 0 Å². The summed E-state index contributed by atoms with van der Waals surface area (Å²) in [6.07, 6.45) is 2.17. The van der Waals surface area contributed by atoms with E-state index in [1.165, 1.54) is 11.8 Å². The molecule has 1 amide bonds. The van der Waals surface area contributed by atoms with Gasteiger partial charge in [-0.05, 0) is 37.1 Å². The summed E-state index contributed by atoms with van der Waals surface area (Å²) in [4.78, 5) is 14.2. The Labute approximate surface area is 178 Å². The number of aromatic nitrogens is 3. The third-order valence-electron chi connectivity index (χ3n) is 4.68. The number of rotatable bonds is 8. The minimum Gasteiger partial charge on any atom is -0.484 e. The van der Waals surface area contributed by atoms with Crippen molar-refractivity contribution in [1.29, 1.82) is 0 Å². The number of amides is 1. The molecule has 1 heterocycles. The standard InChI is InChI=1S/C21H21ClN4O2S/c1-25(15-7-3-2-4-8-15)20(27)14-29-21-24-23-19(26(21)16-11-12-16)13-28-18-10-6-5-9-17(18)22/h2-10,16H,11-14H2,1H3. The number of nitrogens with zero attached hydrogens (tertiary/aromatic N) is 4. The molecule has 0 atom stereocenters. The van der Waals surface area contributed by atoms with E-state index >= 15 is 0 Å². The molecule has 1 aromatic heterocycles. The smallest absolute Gasteiger partial charge is 0.237 e. The van der Waals surface area contributed by atoms with E-state index in [0.29, 0.717) is 22.6 Å². The molecule has 0 saturated heterocycles. The fourth-order valence-corrected chi connectivity index (χ4v) is 4.06. The number of carbonyl (C=O) groups is 1. The lowest BCUT2D eigenvalue weighted by Gasteiger charge is -2.17. The molecule has 0 radical (unpaired) electrons. The molecule has 0 bridgehead atoms. The van der Waals surface area contributed by atoms with Crippen LogP contribution in [0.25, 0.3) is 0 Å². The summed E-state index contributed by atoms with van der Waals surface area (Å²) in [7, 11) is 1.78. The monoisotopic (exact) mass is 428 g/mol. The van der Waals surface area contributed by atoms with Gasteiger partial charge in [0, 0.05) is 18.8 Å². The maximum Gasteiger partial charge on any atom is 0.237 e. The molecule has 1 aliphatic carbocycles. The summed E-state index contributed by atoms with van der Waals surface area (Å²) in [5, 5.41) is 9.92. The van der Waals surface area contributed by atoms with E-state index in [4.69, 9.17) is 16.3 Å². The average Bonchev–Trinajstić information content (AvgIpc) is 3.51. The highest BCUT2D eigenvalue weighted by Gasteiger charge is 2.30. The molecule has 3 aromatic rings. The van der Waals surface area contributed by atoms with Crippen LogP contribution in [-0.4, -0.2) is 33.5 Å². The number of carbonyl (C=O) groups excluding carboxylic acids is 1. The Morgan fingerprint density at radius 1 is 1.17 bits per heavy atom. The molecule has 1 fully saturated rings. The van der Waals surface area contributed by atoms with Crippen molar-refractivity contribution in [2.24, 2.45) is 0 Å². The summed E-state index contributed by atoms with van der Waals surface area (Å²) in [5.74, 6) is 1.68. The quantitative estimate of drug-likeness (QED) is 0.490. The summed E-state index contributed by atoms with van der Waals surface area (Å²) in [5.41, 5.74) is 0.871. The van der Waals surface area contributed by atoms with Crippen LogP contribution >= 0.6 is 23.4 Å². The molecule has 2 aromatic carbocycles. The largest absolute Gasteiger partial charge is 0.484 e. The Bertz CT molecular complexity index is 991. The van der Waals surface area contributed by atoms with Gasteiger partial charge in [0.2, 0.25) is 5.91 Å². The SMILES string of the molecule is CN(C(=O)CSc1nnc(COc2ccccc2Cl)n1C1CC1)c1ccccc1. The Morgan fingerprint density at radius 3 is 2.62 bits per heavy atom. The lowest BCUT2D eigenvalue weighted by Crippen LogP contribution is -2.28. The van der Waals surface area contributed by atoms with Crippen molar-refractivity contribution < 1.29 is 9.53 Å². The number of anilines is 1. The molecular formula is C21H21ClN4O2S. The number of thioether (sulfide) groups is 1. The molecule has 0 N–H and O–H groups in total. The Balaban J connectivity index is 1.42. The molecule has 8 heteroatoms. The highest BCUT2D eigenvalue weighted by atomic mass is 35.5. The number of para-hydroxylation sites is 2. The minimum atomic E-state index is 0.0143. The number of benzene rings is 2. The van der Waals surface area contributed by atoms with Gasteiger partial charge < -0.3 is 9.64 Å². The van der Waals surface area contributed by atoms with Crippen molar-refractivity contribution in [1.82, 2.24) is 14.8 Å². The Morgan fingerprint density at radius 2 is 1.90 bits per heavy atom. The maximum absolute atomic E-state index is 12.6. The molecular weight excluding hydrogens is 408 g/mol. The van der Waals surface area contributed by atoms with Gasteiger partial charge in [0.05, 0.1) is 10.8 Å². The van der Waals surface area contributed by atoms with Crippen molar-refractivity contribution in [3.05, 3.63) is 65.4 Å². The molecule has 0 unspecified atom stereocenters. The highest BCUT2D eigenvalue weighted by Crippen LogP contribution is 2.39. The van der Waals surface area contributed by atoms with Gasteiger partial charge in [-0.1, -0.05) is 53.7 Å². The van der Waals surface area contributed by atoms with Gasteiger partial charge in [-0.15, -0.1) is 10.2 Å². The van der Waals surface area contributed by atoms with E-state index in [-0.39, 0.29) is 12.5 Å². The molecule has 0 aliphatic heterocycles. The third kappa shape index (κ3) is 4.74. The lowest BCUT2D eigenvalue weighted by molar-refractivity contribution is -0.115. The second-order valence-electron chi connectivity index (χ2n) is 6.80. The zero-order chi connectivity index (χ0) is 20.2. The van der Waals surface area contributed by atoms with Crippen molar-refractivity contribution in [2.45, 2.75) is 30.6 Å². The van der Waals surface area contributed by atoms with E-state index in [1.54, 1.807) is 18.0 Å². The van der Waals surface area contributed by atoms with Gasteiger partial charge >= 0.3 is 0 Å². The summed E-state index contributed by atoms with van der Waals surface area (Å²) < 4.78 is 7.93. The third-order valence-corrected chi connectivity index (χ3v) is 5.92. The first-order chi connectivity index (χ1) is 14.1. The molecule has 4 rings (SSSR count). The van der Waals surface area contributed by atoms with Gasteiger partial charge in [-0.2, -0.15) is 0 Å². The predicted molar refractivity (Wildman–Crippen MR) is 115 cm³/mol.